The third-order valence-electron chi connectivity index (χ3n) is 4.19. The molecule has 3 amide bonds. The molecule has 7 nitrogen and oxygen atoms in total. The van der Waals surface area contributed by atoms with Crippen LogP contribution < -0.4 is 16.0 Å². The van der Waals surface area contributed by atoms with Crippen molar-refractivity contribution in [2.75, 3.05) is 10.6 Å². The molecule has 0 fully saturated rings. The first-order valence-corrected chi connectivity index (χ1v) is 9.29. The van der Waals surface area contributed by atoms with Crippen molar-refractivity contribution in [1.29, 1.82) is 0 Å². The van der Waals surface area contributed by atoms with Crippen LogP contribution in [-0.4, -0.2) is 17.1 Å². The van der Waals surface area contributed by atoms with Gasteiger partial charge in [0, 0.05) is 29.3 Å². The van der Waals surface area contributed by atoms with Crippen molar-refractivity contribution in [2.24, 2.45) is 0 Å². The zero-order valence-electron chi connectivity index (χ0n) is 16.7. The fraction of sp³-hybridized carbons (Fsp3) is 0.227. The zero-order valence-corrected chi connectivity index (χ0v) is 16.7. The summed E-state index contributed by atoms with van der Waals surface area (Å²) in [5, 5.41) is 12.0. The normalized spacial score (nSPS) is 11.0. The molecule has 3 aromatic rings. The molecule has 0 saturated heterocycles. The highest BCUT2D eigenvalue weighted by Gasteiger charge is 2.20. The van der Waals surface area contributed by atoms with Gasteiger partial charge in [-0.05, 0) is 29.8 Å². The van der Waals surface area contributed by atoms with Crippen molar-refractivity contribution >= 4 is 23.4 Å². The second-order valence-electron chi connectivity index (χ2n) is 7.65. The standard InChI is InChI=1S/C22H24N4O3/c1-22(2,3)18-13-19(26-29-18)25-21(28)24-17-11-9-16(10-12-17)20(27)23-14-15-7-5-4-6-8-15/h4-13H,14H2,1-3H3,(H,23,27)(H2,24,25,26,28). The van der Waals surface area contributed by atoms with Gasteiger partial charge in [-0.15, -0.1) is 0 Å². The van der Waals surface area contributed by atoms with E-state index < -0.39 is 6.03 Å². The minimum Gasteiger partial charge on any atom is -0.359 e. The summed E-state index contributed by atoms with van der Waals surface area (Å²) < 4.78 is 5.24. The van der Waals surface area contributed by atoms with E-state index in [0.717, 1.165) is 5.56 Å². The van der Waals surface area contributed by atoms with Crippen molar-refractivity contribution in [3.05, 3.63) is 77.6 Å². The molecule has 0 aliphatic rings. The summed E-state index contributed by atoms with van der Waals surface area (Å²) in [6, 6.07) is 17.6. The number of benzene rings is 2. The summed E-state index contributed by atoms with van der Waals surface area (Å²) >= 11 is 0. The minimum atomic E-state index is -0.444. The van der Waals surface area contributed by atoms with Gasteiger partial charge in [0.05, 0.1) is 0 Å². The number of anilines is 2. The van der Waals surface area contributed by atoms with Gasteiger partial charge < -0.3 is 15.2 Å². The van der Waals surface area contributed by atoms with E-state index in [1.807, 2.05) is 51.1 Å². The van der Waals surface area contributed by atoms with E-state index in [0.29, 0.717) is 29.4 Å². The highest BCUT2D eigenvalue weighted by molar-refractivity contribution is 6.00. The number of urea groups is 1. The minimum absolute atomic E-state index is 0.179. The number of nitrogens with one attached hydrogen (secondary N) is 3. The van der Waals surface area contributed by atoms with Crippen LogP contribution in [0.25, 0.3) is 0 Å². The molecule has 2 aromatic carbocycles. The molecule has 0 atom stereocenters. The number of hydrogen-bond donors (Lipinski definition) is 3. The first-order valence-electron chi connectivity index (χ1n) is 9.29. The molecule has 3 rings (SSSR count). The Balaban J connectivity index is 1.52. The molecule has 29 heavy (non-hydrogen) atoms. The highest BCUT2D eigenvalue weighted by Crippen LogP contribution is 2.24. The number of rotatable bonds is 5. The maximum Gasteiger partial charge on any atom is 0.324 e. The van der Waals surface area contributed by atoms with Crippen LogP contribution in [0.1, 0.15) is 42.5 Å². The van der Waals surface area contributed by atoms with Gasteiger partial charge in [0.25, 0.3) is 5.91 Å². The van der Waals surface area contributed by atoms with Crippen LogP contribution in [0.4, 0.5) is 16.3 Å². The number of carbonyl (C=O) groups excluding carboxylic acids is 2. The maximum absolute atomic E-state index is 12.2. The molecule has 1 heterocycles. The zero-order chi connectivity index (χ0) is 20.9. The molecule has 150 valence electrons. The van der Waals surface area contributed by atoms with Crippen LogP contribution in [0, 0.1) is 0 Å². The largest absolute Gasteiger partial charge is 0.359 e. The van der Waals surface area contributed by atoms with Crippen LogP contribution in [-0.2, 0) is 12.0 Å². The van der Waals surface area contributed by atoms with Gasteiger partial charge in [0.1, 0.15) is 5.76 Å². The average Bonchev–Trinajstić information content (AvgIpc) is 3.16. The Labute approximate surface area is 169 Å². The number of hydrogen-bond acceptors (Lipinski definition) is 4. The predicted octanol–water partition coefficient (Wildman–Crippen LogP) is 4.55. The molecule has 0 unspecified atom stereocenters. The van der Waals surface area contributed by atoms with Gasteiger partial charge in [-0.2, -0.15) is 0 Å². The Morgan fingerprint density at radius 2 is 1.66 bits per heavy atom. The number of nitrogens with zero attached hydrogens (tertiary/aromatic N) is 1. The van der Waals surface area contributed by atoms with Gasteiger partial charge in [-0.1, -0.05) is 56.3 Å². The summed E-state index contributed by atoms with van der Waals surface area (Å²) in [6.45, 7) is 6.44. The lowest BCUT2D eigenvalue weighted by atomic mass is 9.93. The number of amides is 3. The molecule has 0 aliphatic heterocycles. The average molecular weight is 392 g/mol. The molecular weight excluding hydrogens is 368 g/mol. The highest BCUT2D eigenvalue weighted by atomic mass is 16.5. The Bertz CT molecular complexity index is 973. The summed E-state index contributed by atoms with van der Waals surface area (Å²) in [7, 11) is 0. The van der Waals surface area contributed by atoms with Crippen molar-refractivity contribution in [2.45, 2.75) is 32.7 Å². The lowest BCUT2D eigenvalue weighted by Gasteiger charge is -2.12. The summed E-state index contributed by atoms with van der Waals surface area (Å²) in [4.78, 5) is 24.4. The topological polar surface area (TPSA) is 96.3 Å². The fourth-order valence-electron chi connectivity index (χ4n) is 2.55. The SMILES string of the molecule is CC(C)(C)c1cc(NC(=O)Nc2ccc(C(=O)NCc3ccccc3)cc2)no1. The molecule has 0 saturated carbocycles. The van der Waals surface area contributed by atoms with Gasteiger partial charge in [-0.25, -0.2) is 4.79 Å². The van der Waals surface area contributed by atoms with Crippen LogP contribution in [0.3, 0.4) is 0 Å². The van der Waals surface area contributed by atoms with Crippen molar-refractivity contribution in [3.63, 3.8) is 0 Å². The predicted molar refractivity (Wildman–Crippen MR) is 112 cm³/mol. The lowest BCUT2D eigenvalue weighted by Crippen LogP contribution is -2.23. The Kier molecular flexibility index (Phi) is 5.97. The first kappa shape index (κ1) is 20.1. The first-order chi connectivity index (χ1) is 13.8. The van der Waals surface area contributed by atoms with E-state index in [1.165, 1.54) is 0 Å². The van der Waals surface area contributed by atoms with E-state index in [-0.39, 0.29) is 11.3 Å². The molecule has 1 aromatic heterocycles. The monoisotopic (exact) mass is 392 g/mol. The van der Waals surface area contributed by atoms with E-state index in [4.69, 9.17) is 4.52 Å². The van der Waals surface area contributed by atoms with Gasteiger partial charge in [-0.3, -0.25) is 10.1 Å². The molecule has 7 heteroatoms. The summed E-state index contributed by atoms with van der Waals surface area (Å²) in [6.07, 6.45) is 0. The Morgan fingerprint density at radius 1 is 0.966 bits per heavy atom. The van der Waals surface area contributed by atoms with Crippen molar-refractivity contribution in [3.8, 4) is 0 Å². The van der Waals surface area contributed by atoms with Crippen LogP contribution in [0.15, 0.2) is 65.2 Å². The van der Waals surface area contributed by atoms with Crippen LogP contribution in [0.2, 0.25) is 0 Å². The fourth-order valence-corrected chi connectivity index (χ4v) is 2.55. The van der Waals surface area contributed by atoms with E-state index >= 15 is 0 Å². The Morgan fingerprint density at radius 3 is 2.28 bits per heavy atom. The number of aromatic nitrogens is 1. The molecule has 3 N–H and O–H groups in total. The molecule has 0 spiro atoms. The summed E-state index contributed by atoms with van der Waals surface area (Å²) in [5.74, 6) is 0.838. The van der Waals surface area contributed by atoms with Crippen molar-refractivity contribution in [1.82, 2.24) is 10.5 Å². The molecular formula is C22H24N4O3. The quantitative estimate of drug-likeness (QED) is 0.594. The molecule has 0 radical (unpaired) electrons. The second-order valence-corrected chi connectivity index (χ2v) is 7.65. The van der Waals surface area contributed by atoms with Gasteiger partial charge in [0.2, 0.25) is 0 Å². The third-order valence-corrected chi connectivity index (χ3v) is 4.19. The van der Waals surface area contributed by atoms with E-state index in [9.17, 15) is 9.59 Å². The van der Waals surface area contributed by atoms with Crippen molar-refractivity contribution < 1.29 is 14.1 Å². The third kappa shape index (κ3) is 5.68. The van der Waals surface area contributed by atoms with Crippen LogP contribution >= 0.6 is 0 Å². The smallest absolute Gasteiger partial charge is 0.324 e. The van der Waals surface area contributed by atoms with Crippen LogP contribution in [0.5, 0.6) is 0 Å². The number of carbonyl (C=O) groups is 2. The summed E-state index contributed by atoms with van der Waals surface area (Å²) in [5.41, 5.74) is 1.90. The van der Waals surface area contributed by atoms with E-state index in [2.05, 4.69) is 21.1 Å². The van der Waals surface area contributed by atoms with Gasteiger partial charge >= 0.3 is 6.03 Å². The Hall–Kier alpha value is -3.61. The second kappa shape index (κ2) is 8.60. The molecule has 0 bridgehead atoms. The molecule has 0 aliphatic carbocycles. The lowest BCUT2D eigenvalue weighted by molar-refractivity contribution is 0.0951. The van der Waals surface area contributed by atoms with Gasteiger partial charge in [0.15, 0.2) is 5.82 Å². The van der Waals surface area contributed by atoms with E-state index in [1.54, 1.807) is 30.3 Å². The maximum atomic E-state index is 12.2.